The Morgan fingerprint density at radius 1 is 0.895 bits per heavy atom. The lowest BCUT2D eigenvalue weighted by atomic mass is 10.0. The standard InChI is InChI=1S/C13H11NO.2C2H6/c15-13(12-6-8-14-9-7-12)10-11-4-2-1-3-5-11;2*1-2/h1-9H,10H2;2*1-2H3. The van der Waals surface area contributed by atoms with Gasteiger partial charge in [-0.3, -0.25) is 9.78 Å². The highest BCUT2D eigenvalue weighted by Crippen LogP contribution is 2.06. The summed E-state index contributed by atoms with van der Waals surface area (Å²) in [4.78, 5) is 15.7. The molecule has 2 heteroatoms. The molecule has 2 aromatic rings. The third-order valence-electron chi connectivity index (χ3n) is 2.21. The van der Waals surface area contributed by atoms with E-state index in [1.807, 2.05) is 58.0 Å². The van der Waals surface area contributed by atoms with Gasteiger partial charge in [0.25, 0.3) is 0 Å². The molecular weight excluding hydrogens is 234 g/mol. The summed E-state index contributed by atoms with van der Waals surface area (Å²) in [6, 6.07) is 13.2. The zero-order chi connectivity index (χ0) is 14.5. The van der Waals surface area contributed by atoms with Gasteiger partial charge in [0.05, 0.1) is 0 Å². The first-order valence-corrected chi connectivity index (χ1v) is 6.83. The van der Waals surface area contributed by atoms with Crippen molar-refractivity contribution in [3.8, 4) is 0 Å². The molecule has 0 aliphatic heterocycles. The van der Waals surface area contributed by atoms with Crippen LogP contribution in [0.25, 0.3) is 0 Å². The van der Waals surface area contributed by atoms with E-state index in [4.69, 9.17) is 0 Å². The minimum absolute atomic E-state index is 0.128. The lowest BCUT2D eigenvalue weighted by Crippen LogP contribution is -2.03. The second-order valence-corrected chi connectivity index (χ2v) is 3.32. The maximum absolute atomic E-state index is 11.8. The fraction of sp³-hybridized carbons (Fsp3) is 0.294. The summed E-state index contributed by atoms with van der Waals surface area (Å²) in [5.74, 6) is 0.128. The Kier molecular flexibility index (Phi) is 10.00. The third-order valence-corrected chi connectivity index (χ3v) is 2.21. The van der Waals surface area contributed by atoms with Crippen LogP contribution in [0.1, 0.15) is 43.6 Å². The molecule has 2 rings (SSSR count). The van der Waals surface area contributed by atoms with Gasteiger partial charge in [-0.2, -0.15) is 0 Å². The van der Waals surface area contributed by atoms with Gasteiger partial charge in [-0.15, -0.1) is 0 Å². The zero-order valence-corrected chi connectivity index (χ0v) is 12.3. The number of benzene rings is 1. The van der Waals surface area contributed by atoms with Gasteiger partial charge in [-0.05, 0) is 17.7 Å². The Morgan fingerprint density at radius 2 is 1.42 bits per heavy atom. The second kappa shape index (κ2) is 11.1. The van der Waals surface area contributed by atoms with Crippen LogP contribution in [0.2, 0.25) is 0 Å². The van der Waals surface area contributed by atoms with Gasteiger partial charge in [-0.25, -0.2) is 0 Å². The van der Waals surface area contributed by atoms with Gasteiger partial charge in [-0.1, -0.05) is 58.0 Å². The van der Waals surface area contributed by atoms with Gasteiger partial charge in [0.2, 0.25) is 0 Å². The van der Waals surface area contributed by atoms with Crippen LogP contribution < -0.4 is 0 Å². The van der Waals surface area contributed by atoms with Crippen LogP contribution in [0.15, 0.2) is 54.9 Å². The van der Waals surface area contributed by atoms with E-state index in [0.29, 0.717) is 12.0 Å². The van der Waals surface area contributed by atoms with Crippen molar-refractivity contribution < 1.29 is 4.79 Å². The summed E-state index contributed by atoms with van der Waals surface area (Å²) in [5, 5.41) is 0. The molecule has 1 aromatic carbocycles. The first-order valence-electron chi connectivity index (χ1n) is 6.83. The molecule has 0 spiro atoms. The van der Waals surface area contributed by atoms with Gasteiger partial charge < -0.3 is 0 Å². The Bertz CT molecular complexity index is 437. The monoisotopic (exact) mass is 257 g/mol. The lowest BCUT2D eigenvalue weighted by Gasteiger charge is -2.00. The maximum atomic E-state index is 11.8. The van der Waals surface area contributed by atoms with Crippen LogP contribution in [0.4, 0.5) is 0 Å². The maximum Gasteiger partial charge on any atom is 0.167 e. The first kappa shape index (κ1) is 17.0. The molecule has 0 saturated heterocycles. The molecule has 0 fully saturated rings. The Labute approximate surface area is 116 Å². The van der Waals surface area contributed by atoms with Crippen molar-refractivity contribution in [3.63, 3.8) is 0 Å². The van der Waals surface area contributed by atoms with Crippen molar-refractivity contribution in [2.75, 3.05) is 0 Å². The molecule has 0 N–H and O–H groups in total. The van der Waals surface area contributed by atoms with Gasteiger partial charge in [0, 0.05) is 24.4 Å². The van der Waals surface area contributed by atoms with E-state index in [1.165, 1.54) is 0 Å². The summed E-state index contributed by atoms with van der Waals surface area (Å²) >= 11 is 0. The second-order valence-electron chi connectivity index (χ2n) is 3.32. The van der Waals surface area contributed by atoms with Crippen molar-refractivity contribution in [1.82, 2.24) is 4.98 Å². The van der Waals surface area contributed by atoms with Crippen LogP contribution in [-0.2, 0) is 6.42 Å². The number of pyridine rings is 1. The molecule has 0 amide bonds. The van der Waals surface area contributed by atoms with Gasteiger partial charge in [0.15, 0.2) is 5.78 Å². The number of nitrogens with zero attached hydrogens (tertiary/aromatic N) is 1. The smallest absolute Gasteiger partial charge is 0.167 e. The fourth-order valence-electron chi connectivity index (χ4n) is 1.42. The Balaban J connectivity index is 0.000000741. The number of Topliss-reactive ketones (excluding diaryl/α,β-unsaturated/α-hetero) is 1. The van der Waals surface area contributed by atoms with Crippen LogP contribution in [-0.4, -0.2) is 10.8 Å². The van der Waals surface area contributed by atoms with Gasteiger partial charge in [0.1, 0.15) is 0 Å². The van der Waals surface area contributed by atoms with Crippen molar-refractivity contribution >= 4 is 5.78 Å². The summed E-state index contributed by atoms with van der Waals surface area (Å²) in [6.07, 6.45) is 3.72. The lowest BCUT2D eigenvalue weighted by molar-refractivity contribution is 0.0993. The third kappa shape index (κ3) is 6.51. The van der Waals surface area contributed by atoms with E-state index in [2.05, 4.69) is 4.98 Å². The molecule has 2 nitrogen and oxygen atoms in total. The van der Waals surface area contributed by atoms with Crippen molar-refractivity contribution in [3.05, 3.63) is 66.0 Å². The molecule has 0 aliphatic rings. The van der Waals surface area contributed by atoms with Crippen LogP contribution in [0.5, 0.6) is 0 Å². The van der Waals surface area contributed by atoms with E-state index in [1.54, 1.807) is 24.5 Å². The number of rotatable bonds is 3. The Morgan fingerprint density at radius 3 is 1.95 bits per heavy atom. The minimum Gasteiger partial charge on any atom is -0.294 e. The van der Waals surface area contributed by atoms with Crippen LogP contribution >= 0.6 is 0 Å². The molecule has 0 unspecified atom stereocenters. The molecule has 0 bridgehead atoms. The quantitative estimate of drug-likeness (QED) is 0.754. The van der Waals surface area contributed by atoms with Crippen molar-refractivity contribution in [2.24, 2.45) is 0 Å². The van der Waals surface area contributed by atoms with E-state index in [0.717, 1.165) is 5.56 Å². The molecule has 0 aliphatic carbocycles. The van der Waals surface area contributed by atoms with E-state index >= 15 is 0 Å². The predicted molar refractivity (Wildman–Crippen MR) is 81.4 cm³/mol. The largest absolute Gasteiger partial charge is 0.294 e. The average Bonchev–Trinajstić information content (AvgIpc) is 2.53. The predicted octanol–water partition coefficient (Wildman–Crippen LogP) is 4.56. The number of hydrogen-bond acceptors (Lipinski definition) is 2. The zero-order valence-electron chi connectivity index (χ0n) is 12.3. The molecule has 102 valence electrons. The average molecular weight is 257 g/mol. The molecule has 0 atom stereocenters. The Hall–Kier alpha value is -1.96. The van der Waals surface area contributed by atoms with Crippen LogP contribution in [0, 0.1) is 0 Å². The van der Waals surface area contributed by atoms with Crippen molar-refractivity contribution in [1.29, 1.82) is 0 Å². The summed E-state index contributed by atoms with van der Waals surface area (Å²) < 4.78 is 0. The molecule has 0 saturated carbocycles. The molecule has 0 radical (unpaired) electrons. The van der Waals surface area contributed by atoms with E-state index in [-0.39, 0.29) is 5.78 Å². The number of hydrogen-bond donors (Lipinski definition) is 0. The summed E-state index contributed by atoms with van der Waals surface area (Å²) in [6.45, 7) is 8.00. The number of carbonyl (C=O) groups is 1. The van der Waals surface area contributed by atoms with Gasteiger partial charge >= 0.3 is 0 Å². The molecule has 19 heavy (non-hydrogen) atoms. The number of aromatic nitrogens is 1. The fourth-order valence-corrected chi connectivity index (χ4v) is 1.42. The minimum atomic E-state index is 0.128. The topological polar surface area (TPSA) is 30.0 Å². The summed E-state index contributed by atoms with van der Waals surface area (Å²) in [5.41, 5.74) is 1.76. The summed E-state index contributed by atoms with van der Waals surface area (Å²) in [7, 11) is 0. The highest BCUT2D eigenvalue weighted by atomic mass is 16.1. The molecular formula is C17H23NO. The van der Waals surface area contributed by atoms with E-state index in [9.17, 15) is 4.79 Å². The molecule has 1 heterocycles. The van der Waals surface area contributed by atoms with Crippen LogP contribution in [0.3, 0.4) is 0 Å². The highest BCUT2D eigenvalue weighted by Gasteiger charge is 2.05. The first-order chi connectivity index (χ1) is 9.36. The number of ketones is 1. The highest BCUT2D eigenvalue weighted by molar-refractivity contribution is 5.97. The van der Waals surface area contributed by atoms with E-state index < -0.39 is 0 Å². The van der Waals surface area contributed by atoms with Crippen molar-refractivity contribution in [2.45, 2.75) is 34.1 Å². The number of carbonyl (C=O) groups excluding carboxylic acids is 1. The molecule has 1 aromatic heterocycles. The SMILES string of the molecule is CC.CC.O=C(Cc1ccccc1)c1ccncc1. The normalized spacial score (nSPS) is 8.42.